The summed E-state index contributed by atoms with van der Waals surface area (Å²) in [6.07, 6.45) is 2.34. The number of hydrogen-bond donors (Lipinski definition) is 3. The molecular formula is C23H28N4O4. The molecule has 164 valence electrons. The Labute approximate surface area is 180 Å². The van der Waals surface area contributed by atoms with Gasteiger partial charge in [0.2, 0.25) is 0 Å². The SMILES string of the molecule is CCn1c2ccccc2c2cc(NC(=O)COC(=O)CCCCCNC(N)=O)ccc21. The number of nitrogens with one attached hydrogen (secondary N) is 2. The molecule has 2 aromatic carbocycles. The fourth-order valence-corrected chi connectivity index (χ4v) is 3.67. The highest BCUT2D eigenvalue weighted by atomic mass is 16.5. The summed E-state index contributed by atoms with van der Waals surface area (Å²) in [5, 5.41) is 7.49. The maximum atomic E-state index is 12.2. The summed E-state index contributed by atoms with van der Waals surface area (Å²) < 4.78 is 7.29. The summed E-state index contributed by atoms with van der Waals surface area (Å²) in [7, 11) is 0. The number of nitrogens with zero attached hydrogens (tertiary/aromatic N) is 1. The van der Waals surface area contributed by atoms with Crippen LogP contribution in [0, 0.1) is 0 Å². The lowest BCUT2D eigenvalue weighted by Crippen LogP contribution is -2.29. The number of fused-ring (bicyclic) bond motifs is 3. The van der Waals surface area contributed by atoms with Crippen molar-refractivity contribution in [1.82, 2.24) is 9.88 Å². The van der Waals surface area contributed by atoms with Crippen molar-refractivity contribution in [2.75, 3.05) is 18.5 Å². The number of aromatic nitrogens is 1. The highest BCUT2D eigenvalue weighted by molar-refractivity contribution is 6.09. The number of primary amides is 1. The van der Waals surface area contributed by atoms with Crippen LogP contribution in [0.15, 0.2) is 42.5 Å². The third-order valence-corrected chi connectivity index (χ3v) is 5.09. The van der Waals surface area contributed by atoms with Crippen LogP contribution in [0.4, 0.5) is 10.5 Å². The van der Waals surface area contributed by atoms with E-state index in [2.05, 4.69) is 34.3 Å². The molecule has 1 aromatic heterocycles. The minimum absolute atomic E-state index is 0.229. The van der Waals surface area contributed by atoms with Gasteiger partial charge in [0.25, 0.3) is 5.91 Å². The van der Waals surface area contributed by atoms with Gasteiger partial charge in [-0.1, -0.05) is 24.6 Å². The number of nitrogens with two attached hydrogens (primary N) is 1. The number of amides is 3. The molecule has 0 saturated carbocycles. The zero-order chi connectivity index (χ0) is 22.2. The van der Waals surface area contributed by atoms with Crippen LogP contribution in [0.2, 0.25) is 0 Å². The second kappa shape index (κ2) is 10.5. The van der Waals surface area contributed by atoms with Gasteiger partial charge in [0.05, 0.1) is 0 Å². The van der Waals surface area contributed by atoms with E-state index >= 15 is 0 Å². The molecule has 0 spiro atoms. The Kier molecular flexibility index (Phi) is 7.48. The Morgan fingerprint density at radius 2 is 1.77 bits per heavy atom. The molecule has 0 radical (unpaired) electrons. The number of unbranched alkanes of at least 4 members (excludes halogenated alkanes) is 2. The van der Waals surface area contributed by atoms with E-state index in [1.807, 2.05) is 30.3 Å². The van der Waals surface area contributed by atoms with Gasteiger partial charge in [0.15, 0.2) is 6.61 Å². The Balaban J connectivity index is 1.50. The molecule has 0 unspecified atom stereocenters. The largest absolute Gasteiger partial charge is 0.456 e. The van der Waals surface area contributed by atoms with Crippen LogP contribution < -0.4 is 16.4 Å². The summed E-state index contributed by atoms with van der Waals surface area (Å²) in [6, 6.07) is 13.4. The third-order valence-electron chi connectivity index (χ3n) is 5.09. The number of anilines is 1. The topological polar surface area (TPSA) is 115 Å². The van der Waals surface area contributed by atoms with Crippen LogP contribution in [0.1, 0.15) is 32.6 Å². The van der Waals surface area contributed by atoms with Crippen LogP contribution >= 0.6 is 0 Å². The standard InChI is InChI=1S/C23H28N4O4/c1-2-27-19-9-6-5-8-17(19)18-14-16(11-12-20(18)27)26-21(28)15-31-22(29)10-4-3-7-13-25-23(24)30/h5-6,8-9,11-12,14H,2-4,7,10,13,15H2,1H3,(H,26,28)(H3,24,25,30). The minimum atomic E-state index is -0.555. The smallest absolute Gasteiger partial charge is 0.312 e. The molecule has 0 atom stereocenters. The molecule has 0 aliphatic rings. The third kappa shape index (κ3) is 5.75. The summed E-state index contributed by atoms with van der Waals surface area (Å²) >= 11 is 0. The molecule has 0 bridgehead atoms. The predicted octanol–water partition coefficient (Wildman–Crippen LogP) is 3.52. The maximum Gasteiger partial charge on any atom is 0.312 e. The lowest BCUT2D eigenvalue weighted by atomic mass is 10.1. The Bertz CT molecular complexity index is 1090. The van der Waals surface area contributed by atoms with E-state index in [1.54, 1.807) is 0 Å². The van der Waals surface area contributed by atoms with Crippen molar-refractivity contribution in [2.24, 2.45) is 5.73 Å². The molecule has 31 heavy (non-hydrogen) atoms. The van der Waals surface area contributed by atoms with Gasteiger partial charge in [-0.2, -0.15) is 0 Å². The number of benzene rings is 2. The number of carbonyl (C=O) groups excluding carboxylic acids is 3. The second-order valence-corrected chi connectivity index (χ2v) is 7.30. The molecule has 0 aliphatic carbocycles. The molecule has 4 N–H and O–H groups in total. The van der Waals surface area contributed by atoms with Crippen LogP contribution in [0.3, 0.4) is 0 Å². The van der Waals surface area contributed by atoms with E-state index in [-0.39, 0.29) is 18.9 Å². The minimum Gasteiger partial charge on any atom is -0.456 e. The number of urea groups is 1. The number of hydrogen-bond acceptors (Lipinski definition) is 4. The fraction of sp³-hybridized carbons (Fsp3) is 0.348. The van der Waals surface area contributed by atoms with Gasteiger partial charge in [0, 0.05) is 47.0 Å². The van der Waals surface area contributed by atoms with Crippen LogP contribution in [-0.2, 0) is 20.9 Å². The first-order valence-corrected chi connectivity index (χ1v) is 10.5. The zero-order valence-corrected chi connectivity index (χ0v) is 17.6. The summed E-state index contributed by atoms with van der Waals surface area (Å²) in [5.41, 5.74) is 7.90. The lowest BCUT2D eigenvalue weighted by Gasteiger charge is -2.08. The molecule has 3 amide bonds. The Morgan fingerprint density at radius 1 is 1.00 bits per heavy atom. The van der Waals surface area contributed by atoms with Crippen molar-refractivity contribution in [1.29, 1.82) is 0 Å². The molecule has 3 aromatic rings. The lowest BCUT2D eigenvalue weighted by molar-refractivity contribution is -0.147. The van der Waals surface area contributed by atoms with Crippen molar-refractivity contribution >= 4 is 45.4 Å². The van der Waals surface area contributed by atoms with Gasteiger partial charge in [0.1, 0.15) is 0 Å². The normalized spacial score (nSPS) is 10.9. The molecule has 3 rings (SSSR count). The van der Waals surface area contributed by atoms with Crippen molar-refractivity contribution in [3.8, 4) is 0 Å². The molecule has 0 fully saturated rings. The van der Waals surface area contributed by atoms with Gasteiger partial charge in [-0.15, -0.1) is 0 Å². The summed E-state index contributed by atoms with van der Waals surface area (Å²) in [5.74, 6) is -0.794. The zero-order valence-electron chi connectivity index (χ0n) is 17.6. The summed E-state index contributed by atoms with van der Waals surface area (Å²) in [4.78, 5) is 34.6. The highest BCUT2D eigenvalue weighted by Crippen LogP contribution is 2.30. The summed E-state index contributed by atoms with van der Waals surface area (Å²) in [6.45, 7) is 3.12. The fourth-order valence-electron chi connectivity index (χ4n) is 3.67. The van der Waals surface area contributed by atoms with Crippen molar-refractivity contribution in [2.45, 2.75) is 39.2 Å². The molecule has 8 nitrogen and oxygen atoms in total. The average molecular weight is 425 g/mol. The maximum absolute atomic E-state index is 12.2. The Morgan fingerprint density at radius 3 is 2.55 bits per heavy atom. The van der Waals surface area contributed by atoms with E-state index in [4.69, 9.17) is 10.5 Å². The highest BCUT2D eigenvalue weighted by Gasteiger charge is 2.12. The molecule has 8 heteroatoms. The average Bonchev–Trinajstić information content (AvgIpc) is 3.07. The first kappa shape index (κ1) is 22.1. The quantitative estimate of drug-likeness (QED) is 0.341. The molecule has 0 saturated heterocycles. The van der Waals surface area contributed by atoms with E-state index in [1.165, 1.54) is 0 Å². The number of carbonyl (C=O) groups is 3. The van der Waals surface area contributed by atoms with E-state index < -0.39 is 12.0 Å². The molecule has 0 aliphatic heterocycles. The number of ether oxygens (including phenoxy) is 1. The number of aryl methyl sites for hydroxylation is 1. The van der Waals surface area contributed by atoms with E-state index in [9.17, 15) is 14.4 Å². The molecular weight excluding hydrogens is 396 g/mol. The van der Waals surface area contributed by atoms with Gasteiger partial charge >= 0.3 is 12.0 Å². The predicted molar refractivity (Wildman–Crippen MR) is 121 cm³/mol. The first-order valence-electron chi connectivity index (χ1n) is 10.5. The van der Waals surface area contributed by atoms with Gasteiger partial charge < -0.3 is 25.7 Å². The van der Waals surface area contributed by atoms with Gasteiger partial charge in [-0.25, -0.2) is 4.79 Å². The van der Waals surface area contributed by atoms with Gasteiger partial charge in [-0.05, 0) is 44.0 Å². The Hall–Kier alpha value is -3.55. The van der Waals surface area contributed by atoms with Crippen LogP contribution in [0.5, 0.6) is 0 Å². The van der Waals surface area contributed by atoms with Crippen molar-refractivity contribution in [3.63, 3.8) is 0 Å². The number of rotatable bonds is 10. The number of esters is 1. The number of para-hydroxylation sites is 1. The van der Waals surface area contributed by atoms with E-state index in [0.717, 1.165) is 41.2 Å². The van der Waals surface area contributed by atoms with Crippen molar-refractivity contribution in [3.05, 3.63) is 42.5 Å². The monoisotopic (exact) mass is 424 g/mol. The van der Waals surface area contributed by atoms with Crippen LogP contribution in [-0.4, -0.2) is 35.6 Å². The first-order chi connectivity index (χ1) is 15.0. The van der Waals surface area contributed by atoms with Gasteiger partial charge in [-0.3, -0.25) is 9.59 Å². The second-order valence-electron chi connectivity index (χ2n) is 7.30. The molecule has 1 heterocycles. The van der Waals surface area contributed by atoms with Crippen molar-refractivity contribution < 1.29 is 19.1 Å². The van der Waals surface area contributed by atoms with E-state index in [0.29, 0.717) is 18.7 Å². The van der Waals surface area contributed by atoms with Crippen LogP contribution in [0.25, 0.3) is 21.8 Å².